The topological polar surface area (TPSA) is 88.6 Å². The average Bonchev–Trinajstić information content (AvgIpc) is 3.26. The lowest BCUT2D eigenvalue weighted by Crippen LogP contribution is -2.45. The summed E-state index contributed by atoms with van der Waals surface area (Å²) < 4.78 is 108. The van der Waals surface area contributed by atoms with Crippen molar-refractivity contribution >= 4 is 15.9 Å². The van der Waals surface area contributed by atoms with Crippen LogP contribution in [0.25, 0.3) is 0 Å². The summed E-state index contributed by atoms with van der Waals surface area (Å²) in [4.78, 5) is 15.6. The molecule has 1 saturated heterocycles. The molecule has 7 nitrogen and oxygen atoms in total. The fourth-order valence-electron chi connectivity index (χ4n) is 3.32. The van der Waals surface area contributed by atoms with E-state index in [9.17, 15) is 39.6 Å². The lowest BCUT2D eigenvalue weighted by Gasteiger charge is -2.23. The highest BCUT2D eigenvalue weighted by Gasteiger charge is 2.40. The molecule has 1 unspecified atom stereocenters. The number of hydrogen-bond acceptors (Lipinski definition) is 5. The molecule has 186 valence electrons. The largest absolute Gasteiger partial charge is 0.477 e. The molecule has 1 aromatic heterocycles. The van der Waals surface area contributed by atoms with Crippen molar-refractivity contribution in [1.82, 2.24) is 14.6 Å². The number of carbonyl (C=O) groups is 1. The Labute approximate surface area is 190 Å². The monoisotopic (exact) mass is 511 g/mol. The van der Waals surface area contributed by atoms with Gasteiger partial charge in [0.15, 0.2) is 17.5 Å². The molecule has 2 aromatic rings. The van der Waals surface area contributed by atoms with Crippen molar-refractivity contribution in [2.75, 3.05) is 13.2 Å². The first-order valence-electron chi connectivity index (χ1n) is 9.97. The van der Waals surface area contributed by atoms with Gasteiger partial charge in [0, 0.05) is 25.4 Å². The number of aromatic nitrogens is 1. The molecule has 1 atom stereocenters. The van der Waals surface area contributed by atoms with Gasteiger partial charge in [-0.05, 0) is 36.6 Å². The number of ether oxygens (including phenoxy) is 1. The first kappa shape index (κ1) is 25.7. The van der Waals surface area contributed by atoms with Gasteiger partial charge >= 0.3 is 6.18 Å². The van der Waals surface area contributed by atoms with Crippen LogP contribution >= 0.6 is 0 Å². The third kappa shape index (κ3) is 6.17. The molecule has 2 heterocycles. The number of pyridine rings is 1. The summed E-state index contributed by atoms with van der Waals surface area (Å²) in [6, 6.07) is 2.32. The summed E-state index contributed by atoms with van der Waals surface area (Å²) in [6.07, 6.45) is -3.84. The van der Waals surface area contributed by atoms with Crippen molar-refractivity contribution in [1.29, 1.82) is 0 Å². The minimum absolute atomic E-state index is 0.0820. The summed E-state index contributed by atoms with van der Waals surface area (Å²) in [5, 5.41) is 2.52. The third-order valence-corrected chi connectivity index (χ3v) is 6.86. The molecule has 34 heavy (non-hydrogen) atoms. The van der Waals surface area contributed by atoms with Crippen LogP contribution in [0, 0.1) is 17.5 Å². The lowest BCUT2D eigenvalue weighted by atomic mass is 10.2. The van der Waals surface area contributed by atoms with Crippen LogP contribution in [0.2, 0.25) is 0 Å². The van der Waals surface area contributed by atoms with E-state index in [1.165, 1.54) is 18.3 Å². The first-order chi connectivity index (χ1) is 15.9. The standard InChI is InChI=1S/C20H19F6N3O4S/c21-14-9-13(10-15(22)18(14)23)34(31,32)29-6-1-2-16(29)19(30)28-11-12-3-5-27-17(8-12)33-7-4-20(24,25)26/h3,5,8-10,16H,1-2,4,6-7,11H2,(H,28,30). The molecule has 1 aliphatic heterocycles. The van der Waals surface area contributed by atoms with E-state index in [1.807, 2.05) is 0 Å². The number of alkyl halides is 3. The Bertz CT molecular complexity index is 1140. The fourth-order valence-corrected chi connectivity index (χ4v) is 5.01. The first-order valence-corrected chi connectivity index (χ1v) is 11.4. The van der Waals surface area contributed by atoms with Crippen LogP contribution in [-0.2, 0) is 21.4 Å². The molecule has 3 rings (SSSR count). The van der Waals surface area contributed by atoms with Crippen LogP contribution in [0.3, 0.4) is 0 Å². The van der Waals surface area contributed by atoms with Crippen LogP contribution < -0.4 is 10.1 Å². The molecule has 0 spiro atoms. The molecule has 0 radical (unpaired) electrons. The summed E-state index contributed by atoms with van der Waals surface area (Å²) in [7, 11) is -4.50. The van der Waals surface area contributed by atoms with E-state index in [0.29, 0.717) is 24.1 Å². The molecule has 1 aliphatic rings. The molecular formula is C20H19F6N3O4S. The second-order valence-electron chi connectivity index (χ2n) is 7.41. The second kappa shape index (κ2) is 10.2. The maximum Gasteiger partial charge on any atom is 0.392 e. The molecule has 0 aliphatic carbocycles. The van der Waals surface area contributed by atoms with Gasteiger partial charge in [0.05, 0.1) is 17.9 Å². The van der Waals surface area contributed by atoms with Gasteiger partial charge in [-0.3, -0.25) is 4.79 Å². The fraction of sp³-hybridized carbons (Fsp3) is 0.400. The third-order valence-electron chi connectivity index (χ3n) is 4.97. The number of nitrogens with one attached hydrogen (secondary N) is 1. The number of halogens is 6. The Morgan fingerprint density at radius 1 is 1.18 bits per heavy atom. The number of nitrogens with zero attached hydrogens (tertiary/aromatic N) is 2. The highest BCUT2D eigenvalue weighted by atomic mass is 32.2. The van der Waals surface area contributed by atoms with Gasteiger partial charge in [0.1, 0.15) is 6.04 Å². The summed E-state index contributed by atoms with van der Waals surface area (Å²) in [5.74, 6) is -5.94. The predicted octanol–water partition coefficient (Wildman–Crippen LogP) is 3.30. The van der Waals surface area contributed by atoms with E-state index in [2.05, 4.69) is 10.3 Å². The number of benzene rings is 1. The highest BCUT2D eigenvalue weighted by molar-refractivity contribution is 7.89. The minimum atomic E-state index is -4.50. The Balaban J connectivity index is 1.65. The zero-order valence-corrected chi connectivity index (χ0v) is 18.2. The van der Waals surface area contributed by atoms with E-state index in [1.54, 1.807) is 0 Å². The van der Waals surface area contributed by atoms with Gasteiger partial charge in [0.2, 0.25) is 21.8 Å². The summed E-state index contributed by atoms with van der Waals surface area (Å²) in [5.41, 5.74) is 0.431. The predicted molar refractivity (Wildman–Crippen MR) is 105 cm³/mol. The zero-order valence-electron chi connectivity index (χ0n) is 17.4. The Kier molecular flexibility index (Phi) is 7.70. The van der Waals surface area contributed by atoms with Gasteiger partial charge in [-0.2, -0.15) is 17.5 Å². The van der Waals surface area contributed by atoms with Gasteiger partial charge in [-0.15, -0.1) is 0 Å². The van der Waals surface area contributed by atoms with Crippen molar-refractivity contribution < 1.29 is 44.3 Å². The van der Waals surface area contributed by atoms with Crippen molar-refractivity contribution in [3.05, 3.63) is 53.5 Å². The van der Waals surface area contributed by atoms with Crippen molar-refractivity contribution in [2.45, 2.75) is 42.9 Å². The number of sulfonamides is 1. The van der Waals surface area contributed by atoms with Gasteiger partial charge in [-0.25, -0.2) is 26.6 Å². The summed E-state index contributed by atoms with van der Waals surface area (Å²) >= 11 is 0. The molecule has 1 amide bonds. The molecule has 1 N–H and O–H groups in total. The van der Waals surface area contributed by atoms with Gasteiger partial charge in [0.25, 0.3) is 0 Å². The highest BCUT2D eigenvalue weighted by Crippen LogP contribution is 2.28. The van der Waals surface area contributed by atoms with Crippen LogP contribution in [0.5, 0.6) is 5.88 Å². The van der Waals surface area contributed by atoms with E-state index in [-0.39, 0.29) is 25.4 Å². The number of amides is 1. The molecular weight excluding hydrogens is 492 g/mol. The SMILES string of the molecule is O=C(NCc1ccnc(OCCC(F)(F)F)c1)C1CCCN1S(=O)(=O)c1cc(F)c(F)c(F)c1. The zero-order chi connectivity index (χ0) is 25.1. The van der Waals surface area contributed by atoms with Crippen LogP contribution in [-0.4, -0.2) is 49.0 Å². The van der Waals surface area contributed by atoms with E-state index >= 15 is 0 Å². The average molecular weight is 511 g/mol. The van der Waals surface area contributed by atoms with Gasteiger partial charge < -0.3 is 10.1 Å². The Morgan fingerprint density at radius 3 is 2.50 bits per heavy atom. The molecule has 1 aromatic carbocycles. The smallest absolute Gasteiger partial charge is 0.392 e. The minimum Gasteiger partial charge on any atom is -0.477 e. The van der Waals surface area contributed by atoms with E-state index in [4.69, 9.17) is 4.74 Å². The quantitative estimate of drug-likeness (QED) is 0.434. The number of rotatable bonds is 8. The second-order valence-corrected chi connectivity index (χ2v) is 9.30. The maximum atomic E-state index is 13.5. The van der Waals surface area contributed by atoms with E-state index in [0.717, 1.165) is 4.31 Å². The van der Waals surface area contributed by atoms with Crippen molar-refractivity contribution in [3.8, 4) is 5.88 Å². The summed E-state index contributed by atoms with van der Waals surface area (Å²) in [6.45, 7) is -0.833. The van der Waals surface area contributed by atoms with Crippen molar-refractivity contribution in [2.24, 2.45) is 0 Å². The molecule has 0 saturated carbocycles. The number of hydrogen-bond donors (Lipinski definition) is 1. The molecule has 0 bridgehead atoms. The normalized spacial score (nSPS) is 17.1. The van der Waals surface area contributed by atoms with Crippen LogP contribution in [0.4, 0.5) is 26.3 Å². The Morgan fingerprint density at radius 2 is 1.85 bits per heavy atom. The molecule has 14 heteroatoms. The molecule has 1 fully saturated rings. The van der Waals surface area contributed by atoms with Crippen LogP contribution in [0.15, 0.2) is 35.4 Å². The van der Waals surface area contributed by atoms with Crippen LogP contribution in [0.1, 0.15) is 24.8 Å². The maximum absolute atomic E-state index is 13.5. The lowest BCUT2D eigenvalue weighted by molar-refractivity contribution is -0.139. The Hall–Kier alpha value is -2.87. The van der Waals surface area contributed by atoms with Gasteiger partial charge in [-0.1, -0.05) is 0 Å². The van der Waals surface area contributed by atoms with E-state index < -0.39 is 63.5 Å². The van der Waals surface area contributed by atoms with Crippen molar-refractivity contribution in [3.63, 3.8) is 0 Å². The number of carbonyl (C=O) groups excluding carboxylic acids is 1.